The molecule has 1 aromatic carbocycles. The fourth-order valence-electron chi connectivity index (χ4n) is 2.12. The molecule has 0 saturated heterocycles. The molecule has 17 heavy (non-hydrogen) atoms. The second-order valence-corrected chi connectivity index (χ2v) is 6.16. The summed E-state index contributed by atoms with van der Waals surface area (Å²) in [5, 5.41) is 3.98. The Balaban J connectivity index is 1.95. The van der Waals surface area contributed by atoms with Crippen LogP contribution in [0.1, 0.15) is 25.8 Å². The fraction of sp³-hybridized carbons (Fsp3) is 0.538. The quantitative estimate of drug-likeness (QED) is 0.823. The van der Waals surface area contributed by atoms with E-state index in [0.717, 1.165) is 6.42 Å². The summed E-state index contributed by atoms with van der Waals surface area (Å²) in [7, 11) is 0. The maximum absolute atomic E-state index is 13.5. The minimum atomic E-state index is -0.260. The van der Waals surface area contributed by atoms with Gasteiger partial charge in [0.25, 0.3) is 0 Å². The maximum atomic E-state index is 13.5. The Labute approximate surface area is 111 Å². The SMILES string of the molecule is CC1(C)C(Cl)CC1NCc1ccc(Cl)cc1F. The molecule has 2 unspecified atom stereocenters. The smallest absolute Gasteiger partial charge is 0.129 e. The van der Waals surface area contributed by atoms with E-state index in [0.29, 0.717) is 23.2 Å². The number of hydrogen-bond donors (Lipinski definition) is 1. The normalized spacial score (nSPS) is 26.6. The van der Waals surface area contributed by atoms with Crippen LogP contribution in [0.3, 0.4) is 0 Å². The summed E-state index contributed by atoms with van der Waals surface area (Å²) in [4.78, 5) is 0. The molecule has 0 radical (unpaired) electrons. The van der Waals surface area contributed by atoms with Gasteiger partial charge < -0.3 is 5.32 Å². The molecule has 2 rings (SSSR count). The molecule has 1 aliphatic rings. The van der Waals surface area contributed by atoms with E-state index in [1.165, 1.54) is 6.07 Å². The van der Waals surface area contributed by atoms with Gasteiger partial charge in [0.2, 0.25) is 0 Å². The van der Waals surface area contributed by atoms with Crippen LogP contribution in [0, 0.1) is 11.2 Å². The summed E-state index contributed by atoms with van der Waals surface area (Å²) in [6.45, 7) is 4.77. The Kier molecular flexibility index (Phi) is 3.67. The van der Waals surface area contributed by atoms with Crippen molar-refractivity contribution < 1.29 is 4.39 Å². The van der Waals surface area contributed by atoms with Crippen molar-refractivity contribution in [3.05, 3.63) is 34.6 Å². The Morgan fingerprint density at radius 3 is 2.71 bits per heavy atom. The van der Waals surface area contributed by atoms with Crippen molar-refractivity contribution >= 4 is 23.2 Å². The first-order valence-corrected chi connectivity index (χ1v) is 6.54. The van der Waals surface area contributed by atoms with E-state index in [9.17, 15) is 4.39 Å². The molecule has 94 valence electrons. The van der Waals surface area contributed by atoms with Crippen LogP contribution < -0.4 is 5.32 Å². The predicted molar refractivity (Wildman–Crippen MR) is 70.1 cm³/mol. The third-order valence-corrected chi connectivity index (χ3v) is 4.68. The van der Waals surface area contributed by atoms with Gasteiger partial charge >= 0.3 is 0 Å². The Morgan fingerprint density at radius 1 is 1.47 bits per heavy atom. The van der Waals surface area contributed by atoms with Gasteiger partial charge in [-0.25, -0.2) is 4.39 Å². The van der Waals surface area contributed by atoms with Crippen LogP contribution in [0.25, 0.3) is 0 Å². The molecular weight excluding hydrogens is 260 g/mol. The van der Waals surface area contributed by atoms with Gasteiger partial charge in [-0.1, -0.05) is 31.5 Å². The molecule has 1 fully saturated rings. The predicted octanol–water partition coefficient (Wildman–Crippen LogP) is 3.97. The highest BCUT2D eigenvalue weighted by molar-refractivity contribution is 6.30. The lowest BCUT2D eigenvalue weighted by Gasteiger charge is -2.49. The molecule has 1 aliphatic carbocycles. The minimum absolute atomic E-state index is 0.0739. The van der Waals surface area contributed by atoms with E-state index in [4.69, 9.17) is 23.2 Å². The van der Waals surface area contributed by atoms with Crippen molar-refractivity contribution in [3.63, 3.8) is 0 Å². The third kappa shape index (κ3) is 2.59. The van der Waals surface area contributed by atoms with Crippen LogP contribution in [0.4, 0.5) is 4.39 Å². The first kappa shape index (κ1) is 13.1. The average molecular weight is 276 g/mol. The van der Waals surface area contributed by atoms with E-state index in [2.05, 4.69) is 19.2 Å². The summed E-state index contributed by atoms with van der Waals surface area (Å²) < 4.78 is 13.5. The third-order valence-electron chi connectivity index (χ3n) is 3.70. The molecule has 0 aliphatic heterocycles. The highest BCUT2D eigenvalue weighted by Crippen LogP contribution is 2.44. The highest BCUT2D eigenvalue weighted by atomic mass is 35.5. The van der Waals surface area contributed by atoms with Gasteiger partial charge in [0.1, 0.15) is 5.82 Å². The molecule has 2 atom stereocenters. The number of nitrogens with one attached hydrogen (secondary N) is 1. The van der Waals surface area contributed by atoms with Gasteiger partial charge in [-0.2, -0.15) is 0 Å². The lowest BCUT2D eigenvalue weighted by atomic mass is 9.67. The van der Waals surface area contributed by atoms with Crippen LogP contribution in [0.2, 0.25) is 5.02 Å². The maximum Gasteiger partial charge on any atom is 0.129 e. The number of alkyl halides is 1. The monoisotopic (exact) mass is 275 g/mol. The minimum Gasteiger partial charge on any atom is -0.309 e. The molecule has 0 aromatic heterocycles. The average Bonchev–Trinajstić information content (AvgIpc) is 2.26. The zero-order chi connectivity index (χ0) is 12.6. The number of rotatable bonds is 3. The number of hydrogen-bond acceptors (Lipinski definition) is 1. The Bertz CT molecular complexity index is 420. The van der Waals surface area contributed by atoms with Gasteiger partial charge in [-0.15, -0.1) is 11.6 Å². The first-order chi connectivity index (χ1) is 7.91. The molecule has 0 amide bonds. The van der Waals surface area contributed by atoms with Gasteiger partial charge in [0.05, 0.1) is 0 Å². The molecule has 0 bridgehead atoms. The zero-order valence-corrected chi connectivity index (χ0v) is 11.4. The largest absolute Gasteiger partial charge is 0.309 e. The molecule has 1 aromatic rings. The van der Waals surface area contributed by atoms with Crippen molar-refractivity contribution in [1.82, 2.24) is 5.32 Å². The molecule has 0 heterocycles. The van der Waals surface area contributed by atoms with Crippen molar-refractivity contribution in [1.29, 1.82) is 0 Å². The zero-order valence-electron chi connectivity index (χ0n) is 9.93. The Hall–Kier alpha value is -0.310. The van der Waals surface area contributed by atoms with Crippen molar-refractivity contribution in [2.75, 3.05) is 0 Å². The van der Waals surface area contributed by atoms with Crippen LogP contribution >= 0.6 is 23.2 Å². The molecular formula is C13H16Cl2FN. The second-order valence-electron chi connectivity index (χ2n) is 5.19. The lowest BCUT2D eigenvalue weighted by Crippen LogP contribution is -2.57. The van der Waals surface area contributed by atoms with E-state index < -0.39 is 0 Å². The van der Waals surface area contributed by atoms with Gasteiger partial charge in [0, 0.05) is 28.5 Å². The van der Waals surface area contributed by atoms with Gasteiger partial charge in [-0.3, -0.25) is 0 Å². The summed E-state index contributed by atoms with van der Waals surface area (Å²) in [5.74, 6) is -0.260. The summed E-state index contributed by atoms with van der Waals surface area (Å²) in [6, 6.07) is 5.11. The van der Waals surface area contributed by atoms with Gasteiger partial charge in [0.15, 0.2) is 0 Å². The van der Waals surface area contributed by atoms with Crippen LogP contribution in [0.15, 0.2) is 18.2 Å². The molecule has 4 heteroatoms. The van der Waals surface area contributed by atoms with E-state index in [-0.39, 0.29) is 16.6 Å². The standard InChI is InChI=1S/C13H16Cl2FN/c1-13(2)11(15)6-12(13)17-7-8-3-4-9(14)5-10(8)16/h3-5,11-12,17H,6-7H2,1-2H3. The number of benzene rings is 1. The first-order valence-electron chi connectivity index (χ1n) is 5.72. The van der Waals surface area contributed by atoms with Crippen LogP contribution in [0.5, 0.6) is 0 Å². The van der Waals surface area contributed by atoms with Crippen LogP contribution in [-0.2, 0) is 6.54 Å². The summed E-state index contributed by atoms with van der Waals surface area (Å²) >= 11 is 11.8. The Morgan fingerprint density at radius 2 is 2.18 bits per heavy atom. The molecule has 1 nitrogen and oxygen atoms in total. The topological polar surface area (TPSA) is 12.0 Å². The lowest BCUT2D eigenvalue weighted by molar-refractivity contribution is 0.115. The van der Waals surface area contributed by atoms with Crippen LogP contribution in [-0.4, -0.2) is 11.4 Å². The fourth-order valence-corrected chi connectivity index (χ4v) is 2.61. The van der Waals surface area contributed by atoms with Crippen molar-refractivity contribution in [2.45, 2.75) is 38.2 Å². The highest BCUT2D eigenvalue weighted by Gasteiger charge is 2.46. The molecule has 1 N–H and O–H groups in total. The van der Waals surface area contributed by atoms with E-state index >= 15 is 0 Å². The summed E-state index contributed by atoms with van der Waals surface area (Å²) in [6.07, 6.45) is 0.934. The van der Waals surface area contributed by atoms with E-state index in [1.54, 1.807) is 12.1 Å². The van der Waals surface area contributed by atoms with E-state index in [1.807, 2.05) is 0 Å². The summed E-state index contributed by atoms with van der Waals surface area (Å²) in [5.41, 5.74) is 0.716. The molecule has 1 saturated carbocycles. The van der Waals surface area contributed by atoms with Crippen molar-refractivity contribution in [3.8, 4) is 0 Å². The number of halogens is 3. The van der Waals surface area contributed by atoms with Crippen molar-refractivity contribution in [2.24, 2.45) is 5.41 Å². The van der Waals surface area contributed by atoms with Gasteiger partial charge in [-0.05, 0) is 24.0 Å². The molecule has 0 spiro atoms. The second kappa shape index (κ2) is 4.75.